The van der Waals surface area contributed by atoms with Gasteiger partial charge in [-0.3, -0.25) is 5.41 Å². The van der Waals surface area contributed by atoms with Gasteiger partial charge in [-0.05, 0) is 22.9 Å². The van der Waals surface area contributed by atoms with Gasteiger partial charge in [0.2, 0.25) is 0 Å². The number of halogens is 1. The van der Waals surface area contributed by atoms with Crippen molar-refractivity contribution in [2.75, 3.05) is 0 Å². The van der Waals surface area contributed by atoms with Crippen molar-refractivity contribution in [1.29, 1.82) is 5.41 Å². The standard InChI is InChI=1S/C5H8BrN3/c1-2-4(6)9-3-5(7)8/h2-3H,1H3,(H3,7,8)/b4-2-,9-3-. The molecular formula is C5H8BrN3. The van der Waals surface area contributed by atoms with Gasteiger partial charge in [0.05, 0.1) is 6.21 Å². The van der Waals surface area contributed by atoms with E-state index in [4.69, 9.17) is 11.1 Å². The molecule has 0 aliphatic heterocycles. The Bertz CT molecular complexity index is 160. The van der Waals surface area contributed by atoms with E-state index < -0.39 is 0 Å². The molecule has 3 nitrogen and oxygen atoms in total. The fourth-order valence-corrected chi connectivity index (χ4v) is 0.308. The van der Waals surface area contributed by atoms with Crippen LogP contribution in [-0.2, 0) is 0 Å². The molecule has 3 N–H and O–H groups in total. The average molecular weight is 190 g/mol. The lowest BCUT2D eigenvalue weighted by molar-refractivity contribution is 1.47. The van der Waals surface area contributed by atoms with Gasteiger partial charge in [0.25, 0.3) is 0 Å². The van der Waals surface area contributed by atoms with E-state index in [1.165, 1.54) is 6.21 Å². The second-order valence-corrected chi connectivity index (χ2v) is 2.14. The fourth-order valence-electron chi connectivity index (χ4n) is 0.206. The van der Waals surface area contributed by atoms with E-state index in [1.54, 1.807) is 6.08 Å². The van der Waals surface area contributed by atoms with Crippen LogP contribution in [0, 0.1) is 5.41 Å². The van der Waals surface area contributed by atoms with E-state index in [2.05, 4.69) is 20.9 Å². The SMILES string of the molecule is C/C=C(Br)\N=C/C(=N)N. The minimum absolute atomic E-state index is 0.0474. The highest BCUT2D eigenvalue weighted by Crippen LogP contribution is 2.03. The highest BCUT2D eigenvalue weighted by Gasteiger charge is 1.80. The number of nitrogens with zero attached hydrogens (tertiary/aromatic N) is 1. The topological polar surface area (TPSA) is 62.2 Å². The van der Waals surface area contributed by atoms with Crippen molar-refractivity contribution < 1.29 is 0 Å². The number of amidine groups is 1. The van der Waals surface area contributed by atoms with Crippen molar-refractivity contribution in [2.24, 2.45) is 10.7 Å². The van der Waals surface area contributed by atoms with Gasteiger partial charge in [-0.15, -0.1) is 0 Å². The molecule has 9 heavy (non-hydrogen) atoms. The second-order valence-electron chi connectivity index (χ2n) is 1.32. The normalized spacial score (nSPS) is 12.4. The van der Waals surface area contributed by atoms with Crippen molar-refractivity contribution in [3.05, 3.63) is 10.7 Å². The molecule has 0 spiro atoms. The lowest BCUT2D eigenvalue weighted by Gasteiger charge is -1.84. The summed E-state index contributed by atoms with van der Waals surface area (Å²) in [4.78, 5) is 3.75. The third kappa shape index (κ3) is 5.23. The molecule has 0 amide bonds. The highest BCUT2D eigenvalue weighted by molar-refractivity contribution is 9.11. The van der Waals surface area contributed by atoms with Crippen molar-refractivity contribution >= 4 is 28.0 Å². The zero-order valence-corrected chi connectivity index (χ0v) is 6.64. The van der Waals surface area contributed by atoms with Gasteiger partial charge >= 0.3 is 0 Å². The Morgan fingerprint density at radius 3 is 2.67 bits per heavy atom. The van der Waals surface area contributed by atoms with Crippen LogP contribution < -0.4 is 5.73 Å². The Morgan fingerprint density at radius 2 is 2.33 bits per heavy atom. The molecule has 0 aliphatic carbocycles. The summed E-state index contributed by atoms with van der Waals surface area (Å²) in [7, 11) is 0. The molecule has 0 aliphatic rings. The molecule has 0 saturated heterocycles. The number of hydrogen-bond acceptors (Lipinski definition) is 2. The first-order valence-electron chi connectivity index (χ1n) is 2.36. The minimum atomic E-state index is -0.0474. The Kier molecular flexibility index (Phi) is 3.96. The zero-order valence-electron chi connectivity index (χ0n) is 5.06. The predicted octanol–water partition coefficient (Wildman–Crippen LogP) is 1.25. The molecule has 50 valence electrons. The number of allylic oxidation sites excluding steroid dienone is 1. The average Bonchev–Trinajstić information content (AvgIpc) is 1.83. The summed E-state index contributed by atoms with van der Waals surface area (Å²) in [6.07, 6.45) is 3.03. The molecule has 0 atom stereocenters. The van der Waals surface area contributed by atoms with Crippen molar-refractivity contribution in [3.63, 3.8) is 0 Å². The number of hydrogen-bond donors (Lipinski definition) is 2. The number of nitrogens with two attached hydrogens (primary N) is 1. The van der Waals surface area contributed by atoms with Gasteiger partial charge in [-0.2, -0.15) is 0 Å². The summed E-state index contributed by atoms with van der Waals surface area (Å²) in [6.45, 7) is 1.83. The molecule has 4 heteroatoms. The molecule has 0 bridgehead atoms. The van der Waals surface area contributed by atoms with Crippen LogP contribution >= 0.6 is 15.9 Å². The van der Waals surface area contributed by atoms with Gasteiger partial charge < -0.3 is 5.73 Å². The summed E-state index contributed by atoms with van der Waals surface area (Å²) < 4.78 is 0.678. The first-order valence-corrected chi connectivity index (χ1v) is 3.16. The molecule has 0 aromatic rings. The molecule has 0 radical (unpaired) electrons. The maximum absolute atomic E-state index is 6.74. The third-order valence-electron chi connectivity index (χ3n) is 0.565. The quantitative estimate of drug-likeness (QED) is 0.384. The zero-order chi connectivity index (χ0) is 7.28. The first kappa shape index (κ1) is 8.36. The van der Waals surface area contributed by atoms with Crippen LogP contribution in [0.2, 0.25) is 0 Å². The Labute approximate surface area is 62.3 Å². The molecule has 0 saturated carbocycles. The summed E-state index contributed by atoms with van der Waals surface area (Å²) in [5, 5.41) is 6.74. The predicted molar refractivity (Wildman–Crippen MR) is 43.1 cm³/mol. The van der Waals surface area contributed by atoms with Crippen LogP contribution in [0.5, 0.6) is 0 Å². The number of rotatable bonds is 2. The molecule has 0 heterocycles. The van der Waals surface area contributed by atoms with E-state index in [-0.39, 0.29) is 5.84 Å². The van der Waals surface area contributed by atoms with E-state index in [0.29, 0.717) is 4.61 Å². The number of aliphatic imine (C=N–C) groups is 1. The van der Waals surface area contributed by atoms with Gasteiger partial charge in [0.15, 0.2) is 0 Å². The molecular weight excluding hydrogens is 182 g/mol. The smallest absolute Gasteiger partial charge is 0.134 e. The first-order chi connectivity index (χ1) is 4.16. The molecule has 0 aromatic heterocycles. The monoisotopic (exact) mass is 189 g/mol. The summed E-state index contributed by atoms with van der Waals surface area (Å²) in [6, 6.07) is 0. The Morgan fingerprint density at radius 1 is 1.78 bits per heavy atom. The molecule has 0 aromatic carbocycles. The van der Waals surface area contributed by atoms with Crippen molar-refractivity contribution in [2.45, 2.75) is 6.92 Å². The number of nitrogens with one attached hydrogen (secondary N) is 1. The van der Waals surface area contributed by atoms with Crippen molar-refractivity contribution in [3.8, 4) is 0 Å². The Hall–Kier alpha value is -0.640. The second kappa shape index (κ2) is 4.26. The maximum atomic E-state index is 6.74. The maximum Gasteiger partial charge on any atom is 0.134 e. The van der Waals surface area contributed by atoms with Gasteiger partial charge in [-0.25, -0.2) is 4.99 Å². The third-order valence-corrected chi connectivity index (χ3v) is 1.23. The fraction of sp³-hybridized carbons (Fsp3) is 0.200. The molecule has 0 fully saturated rings. The van der Waals surface area contributed by atoms with Crippen LogP contribution in [0.3, 0.4) is 0 Å². The summed E-state index contributed by atoms with van der Waals surface area (Å²) in [5.74, 6) is -0.0474. The van der Waals surface area contributed by atoms with E-state index in [0.717, 1.165) is 0 Å². The van der Waals surface area contributed by atoms with E-state index in [1.807, 2.05) is 6.92 Å². The van der Waals surface area contributed by atoms with Crippen LogP contribution in [0.25, 0.3) is 0 Å². The van der Waals surface area contributed by atoms with Crippen LogP contribution in [-0.4, -0.2) is 12.1 Å². The van der Waals surface area contributed by atoms with E-state index >= 15 is 0 Å². The lowest BCUT2D eigenvalue weighted by Crippen LogP contribution is -2.09. The Balaban J connectivity index is 3.86. The van der Waals surface area contributed by atoms with Crippen LogP contribution in [0.4, 0.5) is 0 Å². The van der Waals surface area contributed by atoms with Crippen LogP contribution in [0.1, 0.15) is 6.92 Å². The highest BCUT2D eigenvalue weighted by atomic mass is 79.9. The molecule has 0 unspecified atom stereocenters. The van der Waals surface area contributed by atoms with Crippen LogP contribution in [0.15, 0.2) is 15.7 Å². The molecule has 0 rings (SSSR count). The summed E-state index contributed by atoms with van der Waals surface area (Å²) in [5.41, 5.74) is 4.98. The lowest BCUT2D eigenvalue weighted by atomic mass is 10.6. The largest absolute Gasteiger partial charge is 0.383 e. The van der Waals surface area contributed by atoms with Gasteiger partial charge in [-0.1, -0.05) is 6.08 Å². The van der Waals surface area contributed by atoms with Gasteiger partial charge in [0.1, 0.15) is 10.4 Å². The van der Waals surface area contributed by atoms with Crippen molar-refractivity contribution in [1.82, 2.24) is 0 Å². The summed E-state index contributed by atoms with van der Waals surface area (Å²) >= 11 is 3.12. The van der Waals surface area contributed by atoms with Gasteiger partial charge in [0, 0.05) is 0 Å². The minimum Gasteiger partial charge on any atom is -0.383 e. The van der Waals surface area contributed by atoms with E-state index in [9.17, 15) is 0 Å².